The van der Waals surface area contributed by atoms with Gasteiger partial charge in [-0.25, -0.2) is 4.39 Å². The van der Waals surface area contributed by atoms with Gasteiger partial charge in [-0.3, -0.25) is 9.89 Å². The van der Waals surface area contributed by atoms with Gasteiger partial charge in [0.1, 0.15) is 5.82 Å². The van der Waals surface area contributed by atoms with E-state index in [0.29, 0.717) is 0 Å². The molecule has 0 fully saturated rings. The summed E-state index contributed by atoms with van der Waals surface area (Å²) in [6, 6.07) is 4.15. The number of hydrogen-bond donors (Lipinski definition) is 2. The maximum absolute atomic E-state index is 13.3. The molecule has 94 valence electrons. The highest BCUT2D eigenvalue weighted by molar-refractivity contribution is 9.10. The summed E-state index contributed by atoms with van der Waals surface area (Å²) in [5.41, 5.74) is 1.13. The molecule has 1 atom stereocenters. The van der Waals surface area contributed by atoms with Gasteiger partial charge >= 0.3 is 0 Å². The van der Waals surface area contributed by atoms with Crippen molar-refractivity contribution >= 4 is 21.8 Å². The number of amides is 1. The summed E-state index contributed by atoms with van der Waals surface area (Å²) >= 11 is 3.07. The quantitative estimate of drug-likeness (QED) is 0.915. The summed E-state index contributed by atoms with van der Waals surface area (Å²) < 4.78 is 13.5. The zero-order valence-corrected chi connectivity index (χ0v) is 11.2. The number of nitrogens with zero attached hydrogens (tertiary/aromatic N) is 1. The van der Waals surface area contributed by atoms with Crippen molar-refractivity contribution in [2.75, 3.05) is 0 Å². The van der Waals surface area contributed by atoms with Crippen LogP contribution in [0.25, 0.3) is 0 Å². The number of aromatic amines is 1. The first kappa shape index (κ1) is 12.8. The zero-order chi connectivity index (χ0) is 13.1. The van der Waals surface area contributed by atoms with Crippen LogP contribution >= 0.6 is 15.9 Å². The molecule has 1 aromatic carbocycles. The molecule has 0 aliphatic heterocycles. The molecule has 6 heteroatoms. The average Bonchev–Trinajstić information content (AvgIpc) is 2.86. The highest BCUT2D eigenvalue weighted by Crippen LogP contribution is 2.21. The molecule has 1 amide bonds. The van der Waals surface area contributed by atoms with E-state index in [1.54, 1.807) is 18.5 Å². The summed E-state index contributed by atoms with van der Waals surface area (Å²) in [6.07, 6.45) is 3.33. The van der Waals surface area contributed by atoms with Crippen molar-refractivity contribution in [3.05, 3.63) is 52.0 Å². The van der Waals surface area contributed by atoms with E-state index in [1.165, 1.54) is 12.1 Å². The second-order valence-electron chi connectivity index (χ2n) is 3.83. The minimum Gasteiger partial charge on any atom is -0.345 e. The summed E-state index contributed by atoms with van der Waals surface area (Å²) in [4.78, 5) is 12.0. The molecule has 2 rings (SSSR count). The lowest BCUT2D eigenvalue weighted by Gasteiger charge is -2.13. The smallest absolute Gasteiger partial charge is 0.253 e. The van der Waals surface area contributed by atoms with Gasteiger partial charge in [-0.05, 0) is 35.0 Å². The Bertz CT molecular complexity index is 556. The molecule has 0 aliphatic rings. The molecule has 0 radical (unpaired) electrons. The van der Waals surface area contributed by atoms with E-state index < -0.39 is 5.82 Å². The fraction of sp³-hybridized carbons (Fsp3) is 0.167. The molecule has 0 spiro atoms. The van der Waals surface area contributed by atoms with Crippen LogP contribution in [0.15, 0.2) is 35.1 Å². The first-order valence-electron chi connectivity index (χ1n) is 5.33. The van der Waals surface area contributed by atoms with Crippen molar-refractivity contribution in [1.82, 2.24) is 15.5 Å². The molecule has 1 unspecified atom stereocenters. The molecule has 0 bridgehead atoms. The van der Waals surface area contributed by atoms with Crippen LogP contribution in [-0.4, -0.2) is 16.1 Å². The van der Waals surface area contributed by atoms with E-state index >= 15 is 0 Å². The third kappa shape index (κ3) is 2.59. The predicted molar refractivity (Wildman–Crippen MR) is 68.6 cm³/mol. The summed E-state index contributed by atoms with van der Waals surface area (Å²) in [6.45, 7) is 1.83. The Morgan fingerprint density at radius 1 is 1.56 bits per heavy atom. The molecule has 2 aromatic rings. The lowest BCUT2D eigenvalue weighted by Crippen LogP contribution is -2.26. The summed E-state index contributed by atoms with van der Waals surface area (Å²) in [5.74, 6) is -0.798. The van der Waals surface area contributed by atoms with Gasteiger partial charge in [0.2, 0.25) is 0 Å². The van der Waals surface area contributed by atoms with Gasteiger partial charge in [-0.1, -0.05) is 6.07 Å². The highest BCUT2D eigenvalue weighted by Gasteiger charge is 2.16. The van der Waals surface area contributed by atoms with E-state index in [0.717, 1.165) is 5.56 Å². The monoisotopic (exact) mass is 311 g/mol. The van der Waals surface area contributed by atoms with E-state index in [9.17, 15) is 9.18 Å². The third-order valence-corrected chi connectivity index (χ3v) is 3.37. The van der Waals surface area contributed by atoms with Gasteiger partial charge in [-0.2, -0.15) is 5.10 Å². The molecule has 1 heterocycles. The molecular weight excluding hydrogens is 301 g/mol. The Kier molecular flexibility index (Phi) is 3.76. The van der Waals surface area contributed by atoms with Crippen LogP contribution < -0.4 is 5.32 Å². The first-order valence-corrected chi connectivity index (χ1v) is 6.12. The van der Waals surface area contributed by atoms with E-state index in [2.05, 4.69) is 31.4 Å². The van der Waals surface area contributed by atoms with Crippen molar-refractivity contribution in [1.29, 1.82) is 0 Å². The number of H-pyrrole nitrogens is 1. The van der Waals surface area contributed by atoms with E-state index in [1.807, 2.05) is 6.92 Å². The topological polar surface area (TPSA) is 57.8 Å². The van der Waals surface area contributed by atoms with Crippen molar-refractivity contribution in [2.24, 2.45) is 0 Å². The number of carbonyl (C=O) groups excluding carboxylic acids is 1. The van der Waals surface area contributed by atoms with Gasteiger partial charge in [0.15, 0.2) is 0 Å². The summed E-state index contributed by atoms with van der Waals surface area (Å²) in [5, 5.41) is 9.25. The SMILES string of the molecule is CC(NC(=O)c1cccc(F)c1Br)c1cn[nH]c1. The maximum atomic E-state index is 13.3. The van der Waals surface area contributed by atoms with E-state index in [4.69, 9.17) is 0 Å². The molecule has 0 saturated heterocycles. The minimum absolute atomic E-state index is 0.168. The van der Waals surface area contributed by atoms with Crippen molar-refractivity contribution < 1.29 is 9.18 Å². The van der Waals surface area contributed by atoms with E-state index in [-0.39, 0.29) is 22.0 Å². The van der Waals surface area contributed by atoms with Crippen molar-refractivity contribution in [2.45, 2.75) is 13.0 Å². The second kappa shape index (κ2) is 5.30. The highest BCUT2D eigenvalue weighted by atomic mass is 79.9. The fourth-order valence-corrected chi connectivity index (χ4v) is 1.98. The molecule has 0 aliphatic carbocycles. The van der Waals surface area contributed by atoms with Gasteiger partial charge in [0.05, 0.1) is 22.3 Å². The summed E-state index contributed by atoms with van der Waals surface area (Å²) in [7, 11) is 0. The van der Waals surface area contributed by atoms with Crippen molar-refractivity contribution in [3.8, 4) is 0 Å². The number of nitrogens with one attached hydrogen (secondary N) is 2. The predicted octanol–water partition coefficient (Wildman–Crippen LogP) is 2.80. The molecular formula is C12H11BrFN3O. The molecule has 2 N–H and O–H groups in total. The Morgan fingerprint density at radius 3 is 3.00 bits per heavy atom. The van der Waals surface area contributed by atoms with Crippen LogP contribution in [0.3, 0.4) is 0 Å². The van der Waals surface area contributed by atoms with Crippen LogP contribution in [0.1, 0.15) is 28.9 Å². The van der Waals surface area contributed by atoms with Crippen LogP contribution in [0.5, 0.6) is 0 Å². The van der Waals surface area contributed by atoms with Gasteiger partial charge in [0, 0.05) is 11.8 Å². The second-order valence-corrected chi connectivity index (χ2v) is 4.62. The van der Waals surface area contributed by atoms with Gasteiger partial charge in [0.25, 0.3) is 5.91 Å². The normalized spacial score (nSPS) is 12.2. The Morgan fingerprint density at radius 2 is 2.33 bits per heavy atom. The number of hydrogen-bond acceptors (Lipinski definition) is 2. The Labute approximate surface area is 112 Å². The number of aromatic nitrogens is 2. The van der Waals surface area contributed by atoms with Crippen LogP contribution in [-0.2, 0) is 0 Å². The number of benzene rings is 1. The van der Waals surface area contributed by atoms with Crippen LogP contribution in [0.2, 0.25) is 0 Å². The largest absolute Gasteiger partial charge is 0.345 e. The van der Waals surface area contributed by atoms with Gasteiger partial charge < -0.3 is 5.32 Å². The third-order valence-electron chi connectivity index (χ3n) is 2.56. The molecule has 0 saturated carbocycles. The lowest BCUT2D eigenvalue weighted by atomic mass is 10.1. The number of rotatable bonds is 3. The maximum Gasteiger partial charge on any atom is 0.253 e. The Hall–Kier alpha value is -1.69. The Balaban J connectivity index is 2.15. The zero-order valence-electron chi connectivity index (χ0n) is 9.58. The number of carbonyl (C=O) groups is 1. The molecule has 4 nitrogen and oxygen atoms in total. The van der Waals surface area contributed by atoms with Crippen LogP contribution in [0, 0.1) is 5.82 Å². The lowest BCUT2D eigenvalue weighted by molar-refractivity contribution is 0.0938. The van der Waals surface area contributed by atoms with Gasteiger partial charge in [-0.15, -0.1) is 0 Å². The minimum atomic E-state index is -0.460. The number of halogens is 2. The molecule has 18 heavy (non-hydrogen) atoms. The average molecular weight is 312 g/mol. The molecule has 1 aromatic heterocycles. The van der Waals surface area contributed by atoms with Crippen molar-refractivity contribution in [3.63, 3.8) is 0 Å². The first-order chi connectivity index (χ1) is 8.59. The standard InChI is InChI=1S/C12H11BrFN3O/c1-7(8-5-15-16-6-8)17-12(18)9-3-2-4-10(14)11(9)13/h2-7H,1H3,(H,15,16)(H,17,18). The fourth-order valence-electron chi connectivity index (χ4n) is 1.53. The van der Waals surface area contributed by atoms with Crippen LogP contribution in [0.4, 0.5) is 4.39 Å².